The first-order valence-electron chi connectivity index (χ1n) is 4.54. The number of pyridine rings is 1. The lowest BCUT2D eigenvalue weighted by Crippen LogP contribution is -2.43. The van der Waals surface area contributed by atoms with E-state index in [1.54, 1.807) is 13.3 Å². The first-order valence-corrected chi connectivity index (χ1v) is 4.54. The van der Waals surface area contributed by atoms with Crippen molar-refractivity contribution in [2.45, 2.75) is 24.8 Å². The fourth-order valence-corrected chi connectivity index (χ4v) is 1.68. The third-order valence-corrected chi connectivity index (χ3v) is 2.76. The van der Waals surface area contributed by atoms with Crippen molar-refractivity contribution in [2.24, 2.45) is 5.73 Å². The van der Waals surface area contributed by atoms with Crippen LogP contribution in [0.4, 0.5) is 0 Å². The van der Waals surface area contributed by atoms with E-state index in [0.29, 0.717) is 5.88 Å². The molecule has 1 fully saturated rings. The molecule has 0 amide bonds. The van der Waals surface area contributed by atoms with E-state index in [1.165, 1.54) is 6.42 Å². The van der Waals surface area contributed by atoms with Crippen molar-refractivity contribution >= 4 is 0 Å². The highest BCUT2D eigenvalue weighted by molar-refractivity contribution is 5.29. The van der Waals surface area contributed by atoms with Gasteiger partial charge in [-0.3, -0.25) is 0 Å². The van der Waals surface area contributed by atoms with E-state index in [-0.39, 0.29) is 5.54 Å². The molecule has 1 aliphatic rings. The zero-order valence-electron chi connectivity index (χ0n) is 7.79. The smallest absolute Gasteiger partial charge is 0.213 e. The number of methoxy groups -OCH3 is 1. The van der Waals surface area contributed by atoms with Gasteiger partial charge in [-0.1, -0.05) is 0 Å². The highest BCUT2D eigenvalue weighted by Gasteiger charge is 2.34. The summed E-state index contributed by atoms with van der Waals surface area (Å²) in [5.74, 6) is 0.647. The molecule has 3 nitrogen and oxygen atoms in total. The molecule has 0 radical (unpaired) electrons. The normalized spacial score (nSPS) is 19.2. The molecule has 0 atom stereocenters. The number of aromatic nitrogens is 1. The first kappa shape index (κ1) is 8.51. The Hall–Kier alpha value is -1.09. The van der Waals surface area contributed by atoms with Crippen LogP contribution in [0.1, 0.15) is 24.8 Å². The molecule has 2 N–H and O–H groups in total. The van der Waals surface area contributed by atoms with Crippen LogP contribution in [-0.4, -0.2) is 12.1 Å². The van der Waals surface area contributed by atoms with Gasteiger partial charge in [0.25, 0.3) is 0 Å². The lowest BCUT2D eigenvalue weighted by Gasteiger charge is -2.38. The molecular formula is C10H14N2O. The fraction of sp³-hybridized carbons (Fsp3) is 0.500. The van der Waals surface area contributed by atoms with Gasteiger partial charge in [0.05, 0.1) is 7.11 Å². The summed E-state index contributed by atoms with van der Waals surface area (Å²) in [6, 6.07) is 3.90. The molecule has 0 aromatic carbocycles. The average Bonchev–Trinajstić information content (AvgIpc) is 2.14. The van der Waals surface area contributed by atoms with Crippen LogP contribution < -0.4 is 10.5 Å². The first-order chi connectivity index (χ1) is 6.24. The van der Waals surface area contributed by atoms with Gasteiger partial charge in [0.1, 0.15) is 0 Å². The summed E-state index contributed by atoms with van der Waals surface area (Å²) in [5, 5.41) is 0. The largest absolute Gasteiger partial charge is 0.481 e. The maximum Gasteiger partial charge on any atom is 0.213 e. The second-order valence-corrected chi connectivity index (χ2v) is 3.60. The number of nitrogens with zero attached hydrogens (tertiary/aromatic N) is 1. The van der Waals surface area contributed by atoms with Gasteiger partial charge in [-0.05, 0) is 30.9 Å². The molecule has 2 rings (SSSR count). The molecule has 0 spiro atoms. The monoisotopic (exact) mass is 178 g/mol. The van der Waals surface area contributed by atoms with E-state index in [2.05, 4.69) is 4.98 Å². The molecule has 0 saturated heterocycles. The van der Waals surface area contributed by atoms with E-state index in [4.69, 9.17) is 10.5 Å². The third-order valence-electron chi connectivity index (χ3n) is 2.76. The van der Waals surface area contributed by atoms with Crippen molar-refractivity contribution in [2.75, 3.05) is 7.11 Å². The second-order valence-electron chi connectivity index (χ2n) is 3.60. The van der Waals surface area contributed by atoms with Gasteiger partial charge in [0.15, 0.2) is 0 Å². The topological polar surface area (TPSA) is 48.1 Å². The molecule has 13 heavy (non-hydrogen) atoms. The molecule has 0 bridgehead atoms. The van der Waals surface area contributed by atoms with Gasteiger partial charge in [0.2, 0.25) is 5.88 Å². The van der Waals surface area contributed by atoms with Crippen molar-refractivity contribution in [1.82, 2.24) is 4.98 Å². The molecule has 1 heterocycles. The predicted molar refractivity (Wildman–Crippen MR) is 50.5 cm³/mol. The lowest BCUT2D eigenvalue weighted by molar-refractivity contribution is 0.252. The highest BCUT2D eigenvalue weighted by Crippen LogP contribution is 2.39. The van der Waals surface area contributed by atoms with Crippen LogP contribution in [-0.2, 0) is 5.54 Å². The van der Waals surface area contributed by atoms with Gasteiger partial charge < -0.3 is 10.5 Å². The number of ether oxygens (including phenoxy) is 1. The summed E-state index contributed by atoms with van der Waals surface area (Å²) >= 11 is 0. The molecule has 1 saturated carbocycles. The summed E-state index contributed by atoms with van der Waals surface area (Å²) in [7, 11) is 1.62. The minimum Gasteiger partial charge on any atom is -0.481 e. The number of nitrogens with two attached hydrogens (primary N) is 1. The van der Waals surface area contributed by atoms with E-state index in [1.807, 2.05) is 12.1 Å². The predicted octanol–water partition coefficient (Wildman–Crippen LogP) is 1.43. The Morgan fingerprint density at radius 1 is 1.54 bits per heavy atom. The lowest BCUT2D eigenvalue weighted by atomic mass is 9.73. The van der Waals surface area contributed by atoms with Crippen molar-refractivity contribution < 1.29 is 4.74 Å². The zero-order chi connectivity index (χ0) is 9.31. The van der Waals surface area contributed by atoms with Gasteiger partial charge >= 0.3 is 0 Å². The van der Waals surface area contributed by atoms with Gasteiger partial charge in [-0.25, -0.2) is 4.98 Å². The van der Waals surface area contributed by atoms with Crippen LogP contribution >= 0.6 is 0 Å². The average molecular weight is 178 g/mol. The molecule has 1 aromatic heterocycles. The molecule has 1 aromatic rings. The molecule has 70 valence electrons. The Labute approximate surface area is 77.9 Å². The summed E-state index contributed by atoms with van der Waals surface area (Å²) in [6.07, 6.45) is 5.11. The molecular weight excluding hydrogens is 164 g/mol. The fourth-order valence-electron chi connectivity index (χ4n) is 1.68. The van der Waals surface area contributed by atoms with Crippen molar-refractivity contribution in [3.8, 4) is 5.88 Å². The minimum absolute atomic E-state index is 0.115. The summed E-state index contributed by atoms with van der Waals surface area (Å²) in [6.45, 7) is 0. The van der Waals surface area contributed by atoms with E-state index < -0.39 is 0 Å². The highest BCUT2D eigenvalue weighted by atomic mass is 16.5. The van der Waals surface area contributed by atoms with Crippen LogP contribution in [0.15, 0.2) is 18.3 Å². The van der Waals surface area contributed by atoms with Crippen molar-refractivity contribution in [1.29, 1.82) is 0 Å². The second kappa shape index (κ2) is 3.00. The number of rotatable bonds is 2. The van der Waals surface area contributed by atoms with Crippen molar-refractivity contribution in [3.05, 3.63) is 23.9 Å². The van der Waals surface area contributed by atoms with Crippen LogP contribution in [0.5, 0.6) is 5.88 Å². The van der Waals surface area contributed by atoms with Crippen LogP contribution in [0.3, 0.4) is 0 Å². The quantitative estimate of drug-likeness (QED) is 0.745. The maximum absolute atomic E-state index is 6.16. The number of hydrogen-bond acceptors (Lipinski definition) is 3. The Morgan fingerprint density at radius 3 is 2.85 bits per heavy atom. The zero-order valence-corrected chi connectivity index (χ0v) is 7.79. The van der Waals surface area contributed by atoms with E-state index >= 15 is 0 Å². The van der Waals surface area contributed by atoms with Gasteiger partial charge in [-0.15, -0.1) is 0 Å². The third kappa shape index (κ3) is 1.40. The van der Waals surface area contributed by atoms with Crippen LogP contribution in [0.2, 0.25) is 0 Å². The van der Waals surface area contributed by atoms with Gasteiger partial charge in [0, 0.05) is 17.8 Å². The Morgan fingerprint density at radius 2 is 2.31 bits per heavy atom. The standard InChI is InChI=1S/C10H14N2O/c1-13-9-7-8(3-6-12-9)10(11)4-2-5-10/h3,6-7H,2,4-5,11H2,1H3. The maximum atomic E-state index is 6.16. The Balaban J connectivity index is 2.29. The molecule has 1 aliphatic carbocycles. The summed E-state index contributed by atoms with van der Waals surface area (Å²) in [5.41, 5.74) is 7.19. The van der Waals surface area contributed by atoms with Crippen LogP contribution in [0, 0.1) is 0 Å². The Bertz CT molecular complexity index is 308. The summed E-state index contributed by atoms with van der Waals surface area (Å²) in [4.78, 5) is 4.05. The number of hydrogen-bond donors (Lipinski definition) is 1. The van der Waals surface area contributed by atoms with E-state index in [9.17, 15) is 0 Å². The summed E-state index contributed by atoms with van der Waals surface area (Å²) < 4.78 is 5.05. The minimum atomic E-state index is -0.115. The SMILES string of the molecule is COc1cc(C2(N)CCC2)ccn1. The molecule has 0 unspecified atom stereocenters. The molecule has 3 heteroatoms. The van der Waals surface area contributed by atoms with E-state index in [0.717, 1.165) is 18.4 Å². The molecule has 0 aliphatic heterocycles. The van der Waals surface area contributed by atoms with Crippen LogP contribution in [0.25, 0.3) is 0 Å². The Kier molecular flexibility index (Phi) is 1.96. The van der Waals surface area contributed by atoms with Gasteiger partial charge in [-0.2, -0.15) is 0 Å². The van der Waals surface area contributed by atoms with Crippen molar-refractivity contribution in [3.63, 3.8) is 0 Å².